The van der Waals surface area contributed by atoms with Crippen LogP contribution in [0.2, 0.25) is 5.02 Å². The lowest BCUT2D eigenvalue weighted by molar-refractivity contribution is 0.593. The van der Waals surface area contributed by atoms with E-state index in [1.165, 1.54) is 12.0 Å². The molecule has 1 aliphatic rings. The number of aryl methyl sites for hydroxylation is 2. The van der Waals surface area contributed by atoms with Gasteiger partial charge in [-0.05, 0) is 33.1 Å². The van der Waals surface area contributed by atoms with E-state index >= 15 is 0 Å². The van der Waals surface area contributed by atoms with Gasteiger partial charge in [0.2, 0.25) is 0 Å². The highest BCUT2D eigenvalue weighted by Crippen LogP contribution is 2.26. The first-order chi connectivity index (χ1) is 8.11. The fraction of sp³-hybridized carbons (Fsp3) is 0.615. The number of aromatic nitrogens is 2. The third-order valence-corrected chi connectivity index (χ3v) is 3.82. The molecule has 0 fully saturated rings. The largest absolute Gasteiger partial charge is 0.324 e. The van der Waals surface area contributed by atoms with Gasteiger partial charge in [-0.1, -0.05) is 23.3 Å². The zero-order valence-electron chi connectivity index (χ0n) is 10.5. The summed E-state index contributed by atoms with van der Waals surface area (Å²) in [7, 11) is 0. The summed E-state index contributed by atoms with van der Waals surface area (Å²) in [5.74, 6) is 0. The monoisotopic (exact) mass is 253 g/mol. The number of halogens is 1. The molecule has 1 unspecified atom stereocenters. The van der Waals surface area contributed by atoms with E-state index in [0.717, 1.165) is 42.2 Å². The highest BCUT2D eigenvalue weighted by Gasteiger charge is 2.16. The number of hydrogen-bond acceptors (Lipinski definition) is 2. The molecule has 2 N–H and O–H groups in total. The first-order valence-electron chi connectivity index (χ1n) is 6.28. The number of allylic oxidation sites excluding steroid dienone is 1. The van der Waals surface area contributed by atoms with E-state index in [1.54, 1.807) is 0 Å². The molecule has 4 heteroatoms. The van der Waals surface area contributed by atoms with Gasteiger partial charge in [0.25, 0.3) is 0 Å². The topological polar surface area (TPSA) is 43.8 Å². The highest BCUT2D eigenvalue weighted by molar-refractivity contribution is 6.31. The van der Waals surface area contributed by atoms with E-state index in [0.29, 0.717) is 0 Å². The molecule has 0 aliphatic heterocycles. The molecule has 17 heavy (non-hydrogen) atoms. The van der Waals surface area contributed by atoms with Gasteiger partial charge in [-0.15, -0.1) is 0 Å². The van der Waals surface area contributed by atoms with Gasteiger partial charge in [-0.3, -0.25) is 4.68 Å². The molecule has 1 heterocycles. The van der Waals surface area contributed by atoms with Crippen LogP contribution in [0.1, 0.15) is 37.6 Å². The van der Waals surface area contributed by atoms with Gasteiger partial charge in [-0.25, -0.2) is 0 Å². The van der Waals surface area contributed by atoms with Crippen LogP contribution in [0.3, 0.4) is 0 Å². The van der Waals surface area contributed by atoms with Crippen LogP contribution in [0.4, 0.5) is 0 Å². The molecule has 0 amide bonds. The van der Waals surface area contributed by atoms with E-state index in [2.05, 4.69) is 18.1 Å². The lowest BCUT2D eigenvalue weighted by Gasteiger charge is -2.18. The summed E-state index contributed by atoms with van der Waals surface area (Å²) in [6.45, 7) is 4.91. The first kappa shape index (κ1) is 12.7. The molecule has 94 valence electrons. The number of nitrogens with two attached hydrogens (primary N) is 1. The molecule has 1 aliphatic carbocycles. The van der Waals surface area contributed by atoms with Crippen molar-refractivity contribution in [1.29, 1.82) is 0 Å². The summed E-state index contributed by atoms with van der Waals surface area (Å²) < 4.78 is 2.00. The molecule has 1 aromatic heterocycles. The summed E-state index contributed by atoms with van der Waals surface area (Å²) in [6, 6.07) is 0.219. The van der Waals surface area contributed by atoms with Crippen LogP contribution in [-0.2, 0) is 13.0 Å². The predicted molar refractivity (Wildman–Crippen MR) is 71.3 cm³/mol. The molecule has 0 spiro atoms. The Morgan fingerprint density at radius 1 is 1.59 bits per heavy atom. The number of hydrogen-bond donors (Lipinski definition) is 1. The van der Waals surface area contributed by atoms with Gasteiger partial charge >= 0.3 is 0 Å². The lowest BCUT2D eigenvalue weighted by atomic mass is 9.93. The summed E-state index contributed by atoms with van der Waals surface area (Å²) >= 11 is 6.31. The summed E-state index contributed by atoms with van der Waals surface area (Å²) in [4.78, 5) is 0. The second-order valence-corrected chi connectivity index (χ2v) is 5.10. The van der Waals surface area contributed by atoms with Crippen LogP contribution in [0.15, 0.2) is 11.6 Å². The first-order valence-corrected chi connectivity index (χ1v) is 6.66. The van der Waals surface area contributed by atoms with Crippen molar-refractivity contribution in [2.24, 2.45) is 5.73 Å². The van der Waals surface area contributed by atoms with Gasteiger partial charge < -0.3 is 5.73 Å². The molecular formula is C13H20ClN3. The quantitative estimate of drug-likeness (QED) is 0.842. The molecular weight excluding hydrogens is 234 g/mol. The van der Waals surface area contributed by atoms with Crippen LogP contribution < -0.4 is 5.73 Å². The van der Waals surface area contributed by atoms with Crippen molar-refractivity contribution < 1.29 is 0 Å². The van der Waals surface area contributed by atoms with Gasteiger partial charge in [0.05, 0.1) is 16.4 Å². The van der Waals surface area contributed by atoms with E-state index < -0.39 is 0 Å². The van der Waals surface area contributed by atoms with Crippen molar-refractivity contribution in [3.05, 3.63) is 28.1 Å². The molecule has 0 bridgehead atoms. The maximum absolute atomic E-state index is 6.31. The summed E-state index contributed by atoms with van der Waals surface area (Å²) in [5, 5.41) is 5.25. The van der Waals surface area contributed by atoms with Crippen LogP contribution in [0.5, 0.6) is 0 Å². The Balaban J connectivity index is 2.23. The average molecular weight is 254 g/mol. The minimum atomic E-state index is 0.219. The Labute approximate surface area is 108 Å². The second-order valence-electron chi connectivity index (χ2n) is 4.72. The maximum Gasteiger partial charge on any atom is 0.0850 e. The van der Waals surface area contributed by atoms with E-state index in [9.17, 15) is 0 Å². The Bertz CT molecular complexity index is 434. The van der Waals surface area contributed by atoms with Gasteiger partial charge in [0, 0.05) is 19.0 Å². The SMILES string of the molecule is CCn1nc(C)c(Cl)c1CC1=CC(N)CCC1. The van der Waals surface area contributed by atoms with E-state index in [-0.39, 0.29) is 6.04 Å². The van der Waals surface area contributed by atoms with Gasteiger partial charge in [0.15, 0.2) is 0 Å². The summed E-state index contributed by atoms with van der Waals surface area (Å²) in [6.07, 6.45) is 6.51. The van der Waals surface area contributed by atoms with Crippen molar-refractivity contribution >= 4 is 11.6 Å². The van der Waals surface area contributed by atoms with Crippen LogP contribution >= 0.6 is 11.6 Å². The molecule has 0 saturated carbocycles. The highest BCUT2D eigenvalue weighted by atomic mass is 35.5. The number of nitrogens with zero attached hydrogens (tertiary/aromatic N) is 2. The van der Waals surface area contributed by atoms with Crippen LogP contribution in [0.25, 0.3) is 0 Å². The Morgan fingerprint density at radius 3 is 3.00 bits per heavy atom. The summed E-state index contributed by atoms with van der Waals surface area (Å²) in [5.41, 5.74) is 9.42. The van der Waals surface area contributed by atoms with Gasteiger partial charge in [-0.2, -0.15) is 5.10 Å². The molecule has 0 saturated heterocycles. The molecule has 2 rings (SSSR count). The third kappa shape index (κ3) is 2.72. The molecule has 3 nitrogen and oxygen atoms in total. The standard InChI is InChI=1S/C13H20ClN3/c1-3-17-12(13(14)9(2)16-17)8-10-5-4-6-11(15)7-10/h7,11H,3-6,8,15H2,1-2H3. The Morgan fingerprint density at radius 2 is 2.35 bits per heavy atom. The fourth-order valence-corrected chi connectivity index (χ4v) is 2.64. The second kappa shape index (κ2) is 5.23. The molecule has 0 radical (unpaired) electrons. The van der Waals surface area contributed by atoms with Crippen LogP contribution in [-0.4, -0.2) is 15.8 Å². The van der Waals surface area contributed by atoms with Crippen LogP contribution in [0, 0.1) is 6.92 Å². The maximum atomic E-state index is 6.31. The van der Waals surface area contributed by atoms with Crippen molar-refractivity contribution in [2.45, 2.75) is 52.1 Å². The fourth-order valence-electron chi connectivity index (χ4n) is 2.43. The Hall–Kier alpha value is -0.800. The predicted octanol–water partition coefficient (Wildman–Crippen LogP) is 2.84. The molecule has 1 aromatic rings. The minimum absolute atomic E-state index is 0.219. The normalized spacial score (nSPS) is 20.5. The van der Waals surface area contributed by atoms with Gasteiger partial charge in [0.1, 0.15) is 0 Å². The zero-order chi connectivity index (χ0) is 12.4. The van der Waals surface area contributed by atoms with Crippen molar-refractivity contribution in [3.63, 3.8) is 0 Å². The number of rotatable bonds is 3. The lowest BCUT2D eigenvalue weighted by Crippen LogP contribution is -2.21. The average Bonchev–Trinajstić information content (AvgIpc) is 2.57. The van der Waals surface area contributed by atoms with E-state index in [4.69, 9.17) is 17.3 Å². The van der Waals surface area contributed by atoms with E-state index in [1.807, 2.05) is 11.6 Å². The van der Waals surface area contributed by atoms with Crippen molar-refractivity contribution in [1.82, 2.24) is 9.78 Å². The third-order valence-electron chi connectivity index (χ3n) is 3.33. The molecule has 1 atom stereocenters. The smallest absolute Gasteiger partial charge is 0.0850 e. The Kier molecular flexibility index (Phi) is 3.89. The van der Waals surface area contributed by atoms with Crippen molar-refractivity contribution in [3.8, 4) is 0 Å². The van der Waals surface area contributed by atoms with Crippen molar-refractivity contribution in [2.75, 3.05) is 0 Å². The minimum Gasteiger partial charge on any atom is -0.324 e. The zero-order valence-corrected chi connectivity index (χ0v) is 11.3. The molecule has 0 aromatic carbocycles.